The number of rotatable bonds is 4. The zero-order valence-electron chi connectivity index (χ0n) is 15.6. The van der Waals surface area contributed by atoms with E-state index in [2.05, 4.69) is 46.3 Å². The van der Waals surface area contributed by atoms with Crippen molar-refractivity contribution in [3.8, 4) is 0 Å². The van der Waals surface area contributed by atoms with Crippen molar-refractivity contribution in [2.45, 2.75) is 6.42 Å². The molecular weight excluding hydrogens is 336 g/mol. The number of hydrogen-bond donors (Lipinski definition) is 0. The van der Waals surface area contributed by atoms with Crippen LogP contribution < -0.4 is 4.90 Å². The van der Waals surface area contributed by atoms with Gasteiger partial charge in [0.2, 0.25) is 0 Å². The van der Waals surface area contributed by atoms with Crippen LogP contribution in [0.5, 0.6) is 0 Å². The average molecular weight is 360 g/mol. The minimum absolute atomic E-state index is 0.0181. The first-order chi connectivity index (χ1) is 13.2. The van der Waals surface area contributed by atoms with E-state index in [1.165, 1.54) is 11.3 Å². The highest BCUT2D eigenvalue weighted by molar-refractivity contribution is 5.91. The Hall–Kier alpha value is -3.08. The molecule has 0 radical (unpaired) electrons. The van der Waals surface area contributed by atoms with Gasteiger partial charge >= 0.3 is 0 Å². The summed E-state index contributed by atoms with van der Waals surface area (Å²) in [5.74, 6) is 0.540. The van der Waals surface area contributed by atoms with E-state index < -0.39 is 0 Å². The van der Waals surface area contributed by atoms with Crippen LogP contribution in [0.25, 0.3) is 0 Å². The molecule has 3 aromatic rings. The van der Waals surface area contributed by atoms with E-state index in [1.807, 2.05) is 47.0 Å². The molecule has 1 aromatic heterocycles. The Morgan fingerprint density at radius 2 is 1.56 bits per heavy atom. The van der Waals surface area contributed by atoms with Crippen molar-refractivity contribution in [1.29, 1.82) is 0 Å². The molecule has 138 valence electrons. The number of hydrogen-bond acceptors (Lipinski definition) is 3. The molecule has 2 heterocycles. The van der Waals surface area contributed by atoms with Crippen molar-refractivity contribution in [1.82, 2.24) is 14.5 Å². The van der Waals surface area contributed by atoms with E-state index in [0.29, 0.717) is 18.9 Å². The van der Waals surface area contributed by atoms with E-state index in [-0.39, 0.29) is 5.91 Å². The lowest BCUT2D eigenvalue weighted by Gasteiger charge is -2.35. The lowest BCUT2D eigenvalue weighted by molar-refractivity contribution is 0.0730. The number of carbonyl (C=O) groups is 1. The third-order valence-corrected chi connectivity index (χ3v) is 5.19. The molecule has 27 heavy (non-hydrogen) atoms. The summed E-state index contributed by atoms with van der Waals surface area (Å²) in [6.07, 6.45) is 2.60. The van der Waals surface area contributed by atoms with Crippen molar-refractivity contribution in [2.75, 3.05) is 31.1 Å². The second kappa shape index (κ2) is 7.66. The Morgan fingerprint density at radius 1 is 0.926 bits per heavy atom. The van der Waals surface area contributed by atoms with Crippen LogP contribution in [0.1, 0.15) is 21.9 Å². The fraction of sp³-hybridized carbons (Fsp3) is 0.273. The summed E-state index contributed by atoms with van der Waals surface area (Å²) in [5, 5.41) is 0. The van der Waals surface area contributed by atoms with Gasteiger partial charge in [-0.3, -0.25) is 4.79 Å². The summed E-state index contributed by atoms with van der Waals surface area (Å²) >= 11 is 0. The molecule has 1 aliphatic rings. The fourth-order valence-electron chi connectivity index (χ4n) is 3.56. The van der Waals surface area contributed by atoms with E-state index in [1.54, 1.807) is 0 Å². The molecule has 0 spiro atoms. The number of piperazine rings is 1. The maximum Gasteiger partial charge on any atom is 0.289 e. The molecule has 1 aliphatic heterocycles. The molecule has 0 N–H and O–H groups in total. The van der Waals surface area contributed by atoms with Gasteiger partial charge in [-0.2, -0.15) is 0 Å². The molecule has 1 fully saturated rings. The molecule has 1 amide bonds. The molecule has 1 saturated heterocycles. The van der Waals surface area contributed by atoms with Crippen molar-refractivity contribution in [2.24, 2.45) is 7.05 Å². The van der Waals surface area contributed by atoms with E-state index in [4.69, 9.17) is 0 Å². The first-order valence-electron chi connectivity index (χ1n) is 9.36. The number of imidazole rings is 1. The van der Waals surface area contributed by atoms with Gasteiger partial charge in [-0.15, -0.1) is 0 Å². The molecular formula is C22H24N4O. The first kappa shape index (κ1) is 17.3. The largest absolute Gasteiger partial charge is 0.368 e. The summed E-state index contributed by atoms with van der Waals surface area (Å²) in [4.78, 5) is 21.6. The molecule has 5 nitrogen and oxygen atoms in total. The number of benzene rings is 2. The maximum absolute atomic E-state index is 13.0. The van der Waals surface area contributed by atoms with Crippen molar-refractivity contribution in [3.63, 3.8) is 0 Å². The van der Waals surface area contributed by atoms with Crippen molar-refractivity contribution in [3.05, 3.63) is 83.9 Å². The van der Waals surface area contributed by atoms with Crippen LogP contribution >= 0.6 is 0 Å². The monoisotopic (exact) mass is 360 g/mol. The highest BCUT2D eigenvalue weighted by Crippen LogP contribution is 2.17. The molecule has 0 saturated carbocycles. The predicted octanol–water partition coefficient (Wildman–Crippen LogP) is 2.97. The number of para-hydroxylation sites is 1. The number of aromatic nitrogens is 2. The highest BCUT2D eigenvalue weighted by atomic mass is 16.2. The van der Waals surface area contributed by atoms with Gasteiger partial charge in [-0.05, 0) is 17.7 Å². The van der Waals surface area contributed by atoms with Gasteiger partial charge in [0.15, 0.2) is 5.82 Å². The van der Waals surface area contributed by atoms with Crippen LogP contribution in [0.15, 0.2) is 66.9 Å². The van der Waals surface area contributed by atoms with Gasteiger partial charge in [0.25, 0.3) is 5.91 Å². The smallest absolute Gasteiger partial charge is 0.289 e. The normalized spacial score (nSPS) is 14.4. The molecule has 0 unspecified atom stereocenters. The van der Waals surface area contributed by atoms with Crippen molar-refractivity contribution < 1.29 is 4.79 Å². The van der Waals surface area contributed by atoms with Crippen LogP contribution in [0.2, 0.25) is 0 Å². The Kier molecular flexibility index (Phi) is 4.92. The second-order valence-corrected chi connectivity index (χ2v) is 6.91. The zero-order chi connectivity index (χ0) is 18.6. The van der Waals surface area contributed by atoms with E-state index >= 15 is 0 Å². The Labute approximate surface area is 159 Å². The van der Waals surface area contributed by atoms with Gasteiger partial charge in [0.1, 0.15) is 0 Å². The number of nitrogens with zero attached hydrogens (tertiary/aromatic N) is 4. The third kappa shape index (κ3) is 3.72. The summed E-state index contributed by atoms with van der Waals surface area (Å²) in [6.45, 7) is 3.12. The number of anilines is 1. The molecule has 4 rings (SSSR count). The molecule has 0 aliphatic carbocycles. The van der Waals surface area contributed by atoms with Gasteiger partial charge in [-0.1, -0.05) is 48.5 Å². The van der Waals surface area contributed by atoms with Gasteiger partial charge in [0, 0.05) is 57.2 Å². The topological polar surface area (TPSA) is 41.4 Å². The predicted molar refractivity (Wildman–Crippen MR) is 107 cm³/mol. The fourth-order valence-corrected chi connectivity index (χ4v) is 3.56. The highest BCUT2D eigenvalue weighted by Gasteiger charge is 2.25. The van der Waals surface area contributed by atoms with E-state index in [9.17, 15) is 4.79 Å². The van der Waals surface area contributed by atoms with Crippen LogP contribution in [0, 0.1) is 0 Å². The van der Waals surface area contributed by atoms with Crippen LogP contribution in [-0.4, -0.2) is 46.5 Å². The SMILES string of the molecule is Cn1c(Cc2ccccc2)cnc1C(=O)N1CCN(c2ccccc2)CC1. The lowest BCUT2D eigenvalue weighted by atomic mass is 10.1. The quantitative estimate of drug-likeness (QED) is 0.718. The van der Waals surface area contributed by atoms with E-state index in [0.717, 1.165) is 25.2 Å². The summed E-state index contributed by atoms with van der Waals surface area (Å²) in [7, 11) is 1.93. The summed E-state index contributed by atoms with van der Waals surface area (Å²) < 4.78 is 1.93. The Balaban J connectivity index is 1.42. The van der Waals surface area contributed by atoms with Crippen LogP contribution in [0.3, 0.4) is 0 Å². The maximum atomic E-state index is 13.0. The van der Waals surface area contributed by atoms with Crippen LogP contribution in [-0.2, 0) is 13.5 Å². The average Bonchev–Trinajstić information content (AvgIpc) is 3.09. The van der Waals surface area contributed by atoms with Crippen molar-refractivity contribution >= 4 is 11.6 Å². The molecule has 0 bridgehead atoms. The van der Waals surface area contributed by atoms with Gasteiger partial charge < -0.3 is 14.4 Å². The third-order valence-electron chi connectivity index (χ3n) is 5.19. The molecule has 2 aromatic carbocycles. The number of amides is 1. The first-order valence-corrected chi connectivity index (χ1v) is 9.36. The molecule has 5 heteroatoms. The lowest BCUT2D eigenvalue weighted by Crippen LogP contribution is -2.49. The van der Waals surface area contributed by atoms with Gasteiger partial charge in [-0.25, -0.2) is 4.98 Å². The minimum atomic E-state index is 0.0181. The molecule has 0 atom stereocenters. The van der Waals surface area contributed by atoms with Crippen LogP contribution in [0.4, 0.5) is 5.69 Å². The Morgan fingerprint density at radius 3 is 2.22 bits per heavy atom. The number of carbonyl (C=O) groups excluding carboxylic acids is 1. The Bertz CT molecular complexity index is 897. The summed E-state index contributed by atoms with van der Waals surface area (Å²) in [6, 6.07) is 20.6. The zero-order valence-corrected chi connectivity index (χ0v) is 15.6. The second-order valence-electron chi connectivity index (χ2n) is 6.91. The minimum Gasteiger partial charge on any atom is -0.368 e. The van der Waals surface area contributed by atoms with Gasteiger partial charge in [0.05, 0.1) is 0 Å². The summed E-state index contributed by atoms with van der Waals surface area (Å²) in [5.41, 5.74) is 3.48. The standard InChI is InChI=1S/C22H24N4O/c1-24-20(16-18-8-4-2-5-9-18)17-23-21(24)22(27)26-14-12-25(13-15-26)19-10-6-3-7-11-19/h2-11,17H,12-16H2,1H3.